The Morgan fingerprint density at radius 2 is 2.06 bits per heavy atom. The maximum absolute atomic E-state index is 5.86. The summed E-state index contributed by atoms with van der Waals surface area (Å²) in [6, 6.07) is 4.09. The van der Waals surface area contributed by atoms with Gasteiger partial charge in [-0.15, -0.1) is 0 Å². The number of ether oxygens (including phenoxy) is 1. The monoisotopic (exact) mass is 283 g/mol. The third-order valence-electron chi connectivity index (χ3n) is 3.05. The summed E-state index contributed by atoms with van der Waals surface area (Å²) in [5.74, 6) is 0. The van der Waals surface area contributed by atoms with Crippen LogP contribution in [0.5, 0.6) is 0 Å². The predicted molar refractivity (Wildman–Crippen MR) is 65.7 cm³/mol. The van der Waals surface area contributed by atoms with Crippen molar-refractivity contribution < 1.29 is 4.74 Å². The maximum atomic E-state index is 5.86. The number of nitrogens with one attached hydrogen (secondary N) is 1. The molecule has 0 saturated carbocycles. The third kappa shape index (κ3) is 2.07. The van der Waals surface area contributed by atoms with Gasteiger partial charge in [0.05, 0.1) is 24.1 Å². The van der Waals surface area contributed by atoms with Crippen molar-refractivity contribution in [2.75, 3.05) is 31.1 Å². The van der Waals surface area contributed by atoms with E-state index in [1.165, 1.54) is 5.69 Å². The fourth-order valence-corrected chi connectivity index (χ4v) is 2.56. The first-order valence-corrected chi connectivity index (χ1v) is 6.33. The maximum Gasteiger partial charge on any atom is 0.106 e. The second-order valence-corrected chi connectivity index (χ2v) is 5.09. The standard InChI is InChI=1S/C11H14BrN3O/c12-11-2-1-8(3-14-11)15-6-9-4-13-5-10(7-15)16-9/h1-3,9-10,13H,4-7H2. The lowest BCUT2D eigenvalue weighted by molar-refractivity contribution is -0.0484. The molecule has 2 bridgehead atoms. The number of anilines is 1. The van der Waals surface area contributed by atoms with E-state index in [9.17, 15) is 0 Å². The second kappa shape index (κ2) is 4.31. The molecule has 0 aromatic carbocycles. The van der Waals surface area contributed by atoms with Crippen LogP contribution in [0.2, 0.25) is 0 Å². The molecule has 0 spiro atoms. The Bertz CT molecular complexity index is 358. The second-order valence-electron chi connectivity index (χ2n) is 4.28. The van der Waals surface area contributed by atoms with E-state index in [0.717, 1.165) is 30.8 Å². The normalized spacial score (nSPS) is 29.2. The molecule has 0 amide bonds. The van der Waals surface area contributed by atoms with E-state index in [0.29, 0.717) is 12.2 Å². The van der Waals surface area contributed by atoms with Gasteiger partial charge in [0.25, 0.3) is 0 Å². The minimum atomic E-state index is 0.316. The average molecular weight is 284 g/mol. The Hall–Kier alpha value is -0.650. The molecule has 4 nitrogen and oxygen atoms in total. The smallest absolute Gasteiger partial charge is 0.106 e. The van der Waals surface area contributed by atoms with E-state index < -0.39 is 0 Å². The largest absolute Gasteiger partial charge is 0.369 e. The van der Waals surface area contributed by atoms with Gasteiger partial charge < -0.3 is 15.0 Å². The van der Waals surface area contributed by atoms with E-state index in [2.05, 4.69) is 37.2 Å². The van der Waals surface area contributed by atoms with Crippen molar-refractivity contribution in [3.05, 3.63) is 22.9 Å². The van der Waals surface area contributed by atoms with Gasteiger partial charge in [0.15, 0.2) is 0 Å². The number of morpholine rings is 2. The molecule has 2 saturated heterocycles. The number of rotatable bonds is 1. The SMILES string of the molecule is Brc1ccc(N2CC3CNCC(C2)O3)cn1. The van der Waals surface area contributed by atoms with Crippen LogP contribution in [0.1, 0.15) is 0 Å². The Morgan fingerprint density at radius 1 is 1.31 bits per heavy atom. The van der Waals surface area contributed by atoms with Gasteiger partial charge in [-0.05, 0) is 28.1 Å². The summed E-state index contributed by atoms with van der Waals surface area (Å²) in [7, 11) is 0. The molecule has 3 rings (SSSR count). The van der Waals surface area contributed by atoms with E-state index in [1.54, 1.807) is 0 Å². The molecule has 2 unspecified atom stereocenters. The number of halogens is 1. The highest BCUT2D eigenvalue weighted by molar-refractivity contribution is 9.10. The van der Waals surface area contributed by atoms with Crippen LogP contribution in [-0.2, 0) is 4.74 Å². The zero-order valence-electron chi connectivity index (χ0n) is 8.90. The molecular weight excluding hydrogens is 270 g/mol. The van der Waals surface area contributed by atoms with Crippen LogP contribution in [0.4, 0.5) is 5.69 Å². The zero-order chi connectivity index (χ0) is 11.0. The molecule has 3 heterocycles. The Morgan fingerprint density at radius 3 is 2.69 bits per heavy atom. The third-order valence-corrected chi connectivity index (χ3v) is 3.52. The van der Waals surface area contributed by atoms with Gasteiger partial charge in [-0.2, -0.15) is 0 Å². The van der Waals surface area contributed by atoms with Gasteiger partial charge in [-0.3, -0.25) is 0 Å². The molecule has 16 heavy (non-hydrogen) atoms. The molecule has 1 aromatic heterocycles. The Labute approximate surface area is 103 Å². The molecule has 86 valence electrons. The molecule has 2 aliphatic heterocycles. The molecule has 2 fully saturated rings. The van der Waals surface area contributed by atoms with Gasteiger partial charge in [0.1, 0.15) is 4.60 Å². The summed E-state index contributed by atoms with van der Waals surface area (Å²) in [4.78, 5) is 6.63. The molecule has 1 aromatic rings. The molecule has 1 N–H and O–H groups in total. The highest BCUT2D eigenvalue weighted by atomic mass is 79.9. The zero-order valence-corrected chi connectivity index (χ0v) is 10.5. The lowest BCUT2D eigenvalue weighted by atomic mass is 10.1. The summed E-state index contributed by atoms with van der Waals surface area (Å²) < 4.78 is 6.74. The van der Waals surface area contributed by atoms with Crippen molar-refractivity contribution in [1.82, 2.24) is 10.3 Å². The first-order chi connectivity index (χ1) is 7.81. The van der Waals surface area contributed by atoms with Crippen LogP contribution in [0.3, 0.4) is 0 Å². The van der Waals surface area contributed by atoms with E-state index in [1.807, 2.05) is 12.3 Å². The van der Waals surface area contributed by atoms with Crippen LogP contribution in [0.15, 0.2) is 22.9 Å². The number of fused-ring (bicyclic) bond motifs is 2. The Kier molecular flexibility index (Phi) is 2.83. The van der Waals surface area contributed by atoms with E-state index >= 15 is 0 Å². The van der Waals surface area contributed by atoms with Gasteiger partial charge in [-0.25, -0.2) is 4.98 Å². The minimum absolute atomic E-state index is 0.316. The summed E-state index contributed by atoms with van der Waals surface area (Å²) in [6.45, 7) is 3.81. The van der Waals surface area contributed by atoms with Gasteiger partial charge in [0.2, 0.25) is 0 Å². The van der Waals surface area contributed by atoms with E-state index in [-0.39, 0.29) is 0 Å². The molecule has 0 radical (unpaired) electrons. The number of nitrogens with zero attached hydrogens (tertiary/aromatic N) is 2. The summed E-state index contributed by atoms with van der Waals surface area (Å²) in [5, 5.41) is 3.39. The summed E-state index contributed by atoms with van der Waals surface area (Å²) in [5.41, 5.74) is 1.18. The van der Waals surface area contributed by atoms with Crippen LogP contribution >= 0.6 is 15.9 Å². The first kappa shape index (κ1) is 10.5. The average Bonchev–Trinajstić information content (AvgIpc) is 2.29. The predicted octanol–water partition coefficient (Wildman–Crippen LogP) is 1.02. The van der Waals surface area contributed by atoms with Crippen LogP contribution in [-0.4, -0.2) is 43.4 Å². The Balaban J connectivity index is 1.77. The number of aromatic nitrogens is 1. The van der Waals surface area contributed by atoms with Crippen molar-refractivity contribution in [2.45, 2.75) is 12.2 Å². The highest BCUT2D eigenvalue weighted by Gasteiger charge is 2.31. The van der Waals surface area contributed by atoms with Crippen molar-refractivity contribution >= 4 is 21.6 Å². The van der Waals surface area contributed by atoms with Crippen LogP contribution < -0.4 is 10.2 Å². The molecule has 0 aliphatic carbocycles. The van der Waals surface area contributed by atoms with Crippen molar-refractivity contribution in [2.24, 2.45) is 0 Å². The van der Waals surface area contributed by atoms with E-state index in [4.69, 9.17) is 4.74 Å². The van der Waals surface area contributed by atoms with Crippen LogP contribution in [0.25, 0.3) is 0 Å². The summed E-state index contributed by atoms with van der Waals surface area (Å²) >= 11 is 3.35. The molecule has 2 aliphatic rings. The minimum Gasteiger partial charge on any atom is -0.369 e. The highest BCUT2D eigenvalue weighted by Crippen LogP contribution is 2.22. The molecule has 5 heteroatoms. The van der Waals surface area contributed by atoms with Crippen molar-refractivity contribution in [3.8, 4) is 0 Å². The number of hydrogen-bond donors (Lipinski definition) is 1. The molecular formula is C11H14BrN3O. The number of hydrogen-bond acceptors (Lipinski definition) is 4. The lowest BCUT2D eigenvalue weighted by Gasteiger charge is -2.42. The quantitative estimate of drug-likeness (QED) is 0.781. The van der Waals surface area contributed by atoms with Crippen molar-refractivity contribution in [3.63, 3.8) is 0 Å². The van der Waals surface area contributed by atoms with Gasteiger partial charge in [-0.1, -0.05) is 0 Å². The summed E-state index contributed by atoms with van der Waals surface area (Å²) in [6.07, 6.45) is 2.55. The van der Waals surface area contributed by atoms with Crippen molar-refractivity contribution in [1.29, 1.82) is 0 Å². The molecule has 2 atom stereocenters. The van der Waals surface area contributed by atoms with Gasteiger partial charge in [0, 0.05) is 26.2 Å². The fraction of sp³-hybridized carbons (Fsp3) is 0.545. The topological polar surface area (TPSA) is 37.4 Å². The fourth-order valence-electron chi connectivity index (χ4n) is 2.32. The van der Waals surface area contributed by atoms with Gasteiger partial charge >= 0.3 is 0 Å². The lowest BCUT2D eigenvalue weighted by Crippen LogP contribution is -2.58. The first-order valence-electron chi connectivity index (χ1n) is 5.54. The number of pyridine rings is 1. The van der Waals surface area contributed by atoms with Crippen LogP contribution in [0, 0.1) is 0 Å².